The van der Waals surface area contributed by atoms with Gasteiger partial charge in [-0.3, -0.25) is 10.1 Å². The summed E-state index contributed by atoms with van der Waals surface area (Å²) in [5.74, 6) is 0.0688. The van der Waals surface area contributed by atoms with Crippen molar-refractivity contribution < 1.29 is 4.79 Å². The second-order valence-corrected chi connectivity index (χ2v) is 5.63. The third-order valence-electron chi connectivity index (χ3n) is 3.51. The van der Waals surface area contributed by atoms with Gasteiger partial charge in [0.25, 0.3) is 5.91 Å². The Balaban J connectivity index is 1.97. The number of fused-ring (bicyclic) bond motifs is 1. The summed E-state index contributed by atoms with van der Waals surface area (Å²) >= 11 is 1.35. The molecule has 0 saturated heterocycles. The maximum Gasteiger partial charge on any atom is 0.256 e. The van der Waals surface area contributed by atoms with Crippen LogP contribution < -0.4 is 5.32 Å². The molecule has 0 aromatic heterocycles. The van der Waals surface area contributed by atoms with Gasteiger partial charge < -0.3 is 4.90 Å². The first-order valence-corrected chi connectivity index (χ1v) is 7.67. The number of nitrogens with zero attached hydrogens (tertiary/aromatic N) is 3. The average Bonchev–Trinajstić information content (AvgIpc) is 3.23. The van der Waals surface area contributed by atoms with Gasteiger partial charge >= 0.3 is 0 Å². The fraction of sp³-hybridized carbons (Fsp3) is 0.357. The van der Waals surface area contributed by atoms with Gasteiger partial charge in [-0.25, -0.2) is 4.99 Å². The highest BCUT2D eigenvalue weighted by Gasteiger charge is 2.39. The maximum absolute atomic E-state index is 12.5. The monoisotopic (exact) mass is 286 g/mol. The molecule has 5 nitrogen and oxygen atoms in total. The normalized spacial score (nSPS) is 17.9. The van der Waals surface area contributed by atoms with Crippen LogP contribution in [0.5, 0.6) is 0 Å². The molecule has 1 N–H and O–H groups in total. The minimum atomic E-state index is 0.0688. The zero-order valence-electron chi connectivity index (χ0n) is 11.1. The van der Waals surface area contributed by atoms with Crippen molar-refractivity contribution >= 4 is 28.5 Å². The van der Waals surface area contributed by atoms with Crippen LogP contribution in [0.1, 0.15) is 28.8 Å². The smallest absolute Gasteiger partial charge is 0.256 e. The molecule has 1 heterocycles. The van der Waals surface area contributed by atoms with E-state index in [1.54, 1.807) is 0 Å². The molecule has 0 radical (unpaired) electrons. The number of nitriles is 1. The Morgan fingerprint density at radius 2 is 2.35 bits per heavy atom. The molecule has 0 spiro atoms. The Morgan fingerprint density at radius 3 is 3.00 bits per heavy atom. The van der Waals surface area contributed by atoms with Crippen molar-refractivity contribution in [3.05, 3.63) is 29.3 Å². The van der Waals surface area contributed by atoms with Crippen LogP contribution in [-0.4, -0.2) is 28.3 Å². The lowest BCUT2D eigenvalue weighted by molar-refractivity contribution is 0.0767. The van der Waals surface area contributed by atoms with E-state index in [-0.39, 0.29) is 5.91 Å². The lowest BCUT2D eigenvalue weighted by Gasteiger charge is -2.13. The van der Waals surface area contributed by atoms with E-state index in [1.807, 2.05) is 35.5 Å². The Morgan fingerprint density at radius 1 is 1.55 bits per heavy atom. The SMILES string of the molecule is CSC(=Nc1cccc2c1C(=O)N(C1CC1)C2)NC#N. The van der Waals surface area contributed by atoms with Crippen molar-refractivity contribution in [2.24, 2.45) is 4.99 Å². The number of aliphatic imine (C=N–C) groups is 1. The van der Waals surface area contributed by atoms with Crippen molar-refractivity contribution in [1.82, 2.24) is 10.2 Å². The number of nitrogens with one attached hydrogen (secondary N) is 1. The zero-order valence-corrected chi connectivity index (χ0v) is 11.9. The highest BCUT2D eigenvalue weighted by molar-refractivity contribution is 8.13. The number of rotatable bonds is 2. The number of hydrogen-bond acceptors (Lipinski definition) is 4. The molecular formula is C14H14N4OS. The van der Waals surface area contributed by atoms with Crippen LogP contribution in [0.25, 0.3) is 0 Å². The Labute approximate surface area is 121 Å². The molecule has 0 atom stereocenters. The van der Waals surface area contributed by atoms with E-state index in [0.29, 0.717) is 29.0 Å². The second kappa shape index (κ2) is 5.17. The predicted molar refractivity (Wildman–Crippen MR) is 78.7 cm³/mol. The molecule has 1 fully saturated rings. The standard InChI is InChI=1S/C14H14N4OS/c1-20-14(16-8-15)17-11-4-2-3-9-7-18(10-5-6-10)13(19)12(9)11/h2-4,10H,5-7H2,1H3,(H,16,17). The minimum Gasteiger partial charge on any atom is -0.331 e. The molecule has 20 heavy (non-hydrogen) atoms. The fourth-order valence-corrected chi connectivity index (χ4v) is 2.76. The number of carbonyl (C=O) groups excluding carboxylic acids is 1. The van der Waals surface area contributed by atoms with Crippen molar-refractivity contribution in [2.45, 2.75) is 25.4 Å². The lowest BCUT2D eigenvalue weighted by atomic mass is 10.1. The van der Waals surface area contributed by atoms with Crippen LogP contribution in [0.2, 0.25) is 0 Å². The van der Waals surface area contributed by atoms with Gasteiger partial charge in [-0.15, -0.1) is 0 Å². The summed E-state index contributed by atoms with van der Waals surface area (Å²) in [6, 6.07) is 6.11. The average molecular weight is 286 g/mol. The van der Waals surface area contributed by atoms with Gasteiger partial charge in [0.15, 0.2) is 11.4 Å². The summed E-state index contributed by atoms with van der Waals surface area (Å²) in [4.78, 5) is 18.8. The number of thioether (sulfide) groups is 1. The van der Waals surface area contributed by atoms with E-state index in [2.05, 4.69) is 10.3 Å². The molecule has 6 heteroatoms. The second-order valence-electron chi connectivity index (χ2n) is 4.83. The first-order chi connectivity index (χ1) is 9.74. The summed E-state index contributed by atoms with van der Waals surface area (Å²) in [6.07, 6.45) is 5.90. The molecule has 1 saturated carbocycles. The summed E-state index contributed by atoms with van der Waals surface area (Å²) < 4.78 is 0. The number of amidine groups is 1. The number of hydrogen-bond donors (Lipinski definition) is 1. The molecule has 2 aliphatic rings. The van der Waals surface area contributed by atoms with Crippen molar-refractivity contribution in [3.63, 3.8) is 0 Å². The lowest BCUT2D eigenvalue weighted by Crippen LogP contribution is -2.26. The molecule has 1 aromatic carbocycles. The van der Waals surface area contributed by atoms with Gasteiger partial charge in [-0.05, 0) is 30.7 Å². The largest absolute Gasteiger partial charge is 0.331 e. The molecule has 0 unspecified atom stereocenters. The topological polar surface area (TPSA) is 68.5 Å². The van der Waals surface area contributed by atoms with Crippen LogP contribution in [0, 0.1) is 11.5 Å². The fourth-order valence-electron chi connectivity index (χ4n) is 2.42. The Bertz CT molecular complexity index is 631. The van der Waals surface area contributed by atoms with Gasteiger partial charge in [0.2, 0.25) is 0 Å². The molecule has 0 bridgehead atoms. The van der Waals surface area contributed by atoms with E-state index >= 15 is 0 Å². The van der Waals surface area contributed by atoms with Crippen LogP contribution >= 0.6 is 11.8 Å². The van der Waals surface area contributed by atoms with Crippen LogP contribution in [0.15, 0.2) is 23.2 Å². The highest BCUT2D eigenvalue weighted by atomic mass is 32.2. The third-order valence-corrected chi connectivity index (χ3v) is 4.09. The van der Waals surface area contributed by atoms with Crippen molar-refractivity contribution in [2.75, 3.05) is 6.26 Å². The number of carbonyl (C=O) groups is 1. The quantitative estimate of drug-likeness (QED) is 0.392. The van der Waals surface area contributed by atoms with Crippen LogP contribution in [-0.2, 0) is 6.54 Å². The van der Waals surface area contributed by atoms with Crippen LogP contribution in [0.3, 0.4) is 0 Å². The highest BCUT2D eigenvalue weighted by Crippen LogP contribution is 2.38. The molecular weight excluding hydrogens is 272 g/mol. The summed E-state index contributed by atoms with van der Waals surface area (Å²) in [5.41, 5.74) is 2.36. The van der Waals surface area contributed by atoms with E-state index in [9.17, 15) is 4.79 Å². The van der Waals surface area contributed by atoms with Gasteiger partial charge in [0, 0.05) is 12.6 Å². The molecule has 1 amide bonds. The summed E-state index contributed by atoms with van der Waals surface area (Å²) in [7, 11) is 0. The molecule has 102 valence electrons. The molecule has 1 aromatic rings. The van der Waals surface area contributed by atoms with Gasteiger partial charge in [-0.2, -0.15) is 5.26 Å². The minimum absolute atomic E-state index is 0.0688. The molecule has 1 aliphatic carbocycles. The van der Waals surface area contributed by atoms with E-state index in [1.165, 1.54) is 11.8 Å². The zero-order chi connectivity index (χ0) is 14.1. The Kier molecular flexibility index (Phi) is 3.36. The van der Waals surface area contributed by atoms with Gasteiger partial charge in [0.05, 0.1) is 11.3 Å². The van der Waals surface area contributed by atoms with Gasteiger partial charge in [0.1, 0.15) is 0 Å². The summed E-state index contributed by atoms with van der Waals surface area (Å²) in [5, 5.41) is 11.7. The molecule has 3 rings (SSSR count). The number of benzene rings is 1. The van der Waals surface area contributed by atoms with E-state index in [4.69, 9.17) is 5.26 Å². The first kappa shape index (κ1) is 13.0. The van der Waals surface area contributed by atoms with Gasteiger partial charge in [-0.1, -0.05) is 23.9 Å². The number of amides is 1. The summed E-state index contributed by atoms with van der Waals surface area (Å²) in [6.45, 7) is 0.683. The van der Waals surface area contributed by atoms with E-state index in [0.717, 1.165) is 18.4 Å². The maximum atomic E-state index is 12.5. The predicted octanol–water partition coefficient (Wildman–Crippen LogP) is 2.23. The van der Waals surface area contributed by atoms with Crippen LogP contribution in [0.4, 0.5) is 5.69 Å². The van der Waals surface area contributed by atoms with Crippen molar-refractivity contribution in [1.29, 1.82) is 5.26 Å². The Hall–Kier alpha value is -2.00. The van der Waals surface area contributed by atoms with E-state index < -0.39 is 0 Å². The molecule has 1 aliphatic heterocycles. The first-order valence-electron chi connectivity index (χ1n) is 6.45. The third kappa shape index (κ3) is 2.25. The van der Waals surface area contributed by atoms with Crippen molar-refractivity contribution in [3.8, 4) is 6.19 Å².